The fourth-order valence-corrected chi connectivity index (χ4v) is 5.13. The summed E-state index contributed by atoms with van der Waals surface area (Å²) in [5.41, 5.74) is 2.00. The summed E-state index contributed by atoms with van der Waals surface area (Å²) in [5.74, 6) is -3.15. The molecule has 3 aromatic rings. The average molecular weight is 533 g/mol. The first-order chi connectivity index (χ1) is 18.2. The first kappa shape index (κ1) is 25.0. The molecule has 2 N–H and O–H groups in total. The molecule has 0 saturated carbocycles. The highest BCUT2D eigenvalue weighted by Gasteiger charge is 2.37. The van der Waals surface area contributed by atoms with Crippen molar-refractivity contribution >= 4 is 46.8 Å². The van der Waals surface area contributed by atoms with Gasteiger partial charge in [-0.15, -0.1) is 0 Å². The maximum absolute atomic E-state index is 12.9. The van der Waals surface area contributed by atoms with Crippen molar-refractivity contribution in [1.29, 1.82) is 0 Å². The molecule has 1 aromatic heterocycles. The topological polar surface area (TPSA) is 145 Å². The molecule has 3 heterocycles. The smallest absolute Gasteiger partial charge is 0.335 e. The Bertz CT molecular complexity index is 1510. The molecule has 0 unspecified atom stereocenters. The highest BCUT2D eigenvalue weighted by molar-refractivity contribution is 8.18. The van der Waals surface area contributed by atoms with Crippen molar-refractivity contribution in [3.63, 3.8) is 0 Å². The van der Waals surface area contributed by atoms with Gasteiger partial charge in [-0.2, -0.15) is 0 Å². The van der Waals surface area contributed by atoms with Gasteiger partial charge in [-0.1, -0.05) is 24.3 Å². The first-order valence-electron chi connectivity index (χ1n) is 11.5. The predicted molar refractivity (Wildman–Crippen MR) is 136 cm³/mol. The minimum absolute atomic E-state index is 0.0678. The number of furan rings is 1. The fourth-order valence-electron chi connectivity index (χ4n) is 4.31. The van der Waals surface area contributed by atoms with Gasteiger partial charge in [-0.05, 0) is 59.6 Å². The molecule has 3 amide bonds. The van der Waals surface area contributed by atoms with Crippen LogP contribution in [0.4, 0.5) is 4.79 Å². The predicted octanol–water partition coefficient (Wildman–Crippen LogP) is 3.96. The number of carboxylic acids is 2. The Kier molecular flexibility index (Phi) is 6.60. The molecule has 1 fully saturated rings. The van der Waals surface area contributed by atoms with Gasteiger partial charge in [0.2, 0.25) is 5.91 Å². The average Bonchev–Trinajstić information content (AvgIpc) is 3.48. The summed E-state index contributed by atoms with van der Waals surface area (Å²) in [5, 5.41) is 18.0. The lowest BCUT2D eigenvalue weighted by Crippen LogP contribution is -2.44. The number of benzene rings is 2. The third kappa shape index (κ3) is 4.96. The van der Waals surface area contributed by atoms with E-state index in [2.05, 4.69) is 0 Å². The summed E-state index contributed by atoms with van der Waals surface area (Å²) in [4.78, 5) is 63.7. The molecule has 2 aliphatic rings. The van der Waals surface area contributed by atoms with Gasteiger partial charge in [0, 0.05) is 24.7 Å². The number of carboxylic acid groups (broad SMARTS) is 2. The summed E-state index contributed by atoms with van der Waals surface area (Å²) in [7, 11) is 0. The van der Waals surface area contributed by atoms with Crippen LogP contribution in [0.1, 0.15) is 37.6 Å². The highest BCUT2D eigenvalue weighted by Crippen LogP contribution is 2.34. The lowest BCUT2D eigenvalue weighted by atomic mass is 10.00. The monoisotopic (exact) mass is 532 g/mol. The van der Waals surface area contributed by atoms with Crippen molar-refractivity contribution in [2.75, 3.05) is 13.1 Å². The summed E-state index contributed by atoms with van der Waals surface area (Å²) in [6.07, 6.45) is 2.06. The third-order valence-corrected chi connectivity index (χ3v) is 7.17. The van der Waals surface area contributed by atoms with Crippen molar-refractivity contribution in [3.05, 3.63) is 87.5 Å². The van der Waals surface area contributed by atoms with Crippen LogP contribution < -0.4 is 0 Å². The van der Waals surface area contributed by atoms with Gasteiger partial charge in [-0.3, -0.25) is 19.3 Å². The lowest BCUT2D eigenvalue weighted by molar-refractivity contribution is -0.136. The van der Waals surface area contributed by atoms with Gasteiger partial charge in [0.25, 0.3) is 11.1 Å². The molecule has 2 aliphatic heterocycles. The number of aromatic carboxylic acids is 2. The largest absolute Gasteiger partial charge is 0.478 e. The Hall–Kier alpha value is -4.64. The van der Waals surface area contributed by atoms with Crippen molar-refractivity contribution in [2.24, 2.45) is 0 Å². The van der Waals surface area contributed by atoms with E-state index in [1.165, 1.54) is 35.9 Å². The highest BCUT2D eigenvalue weighted by atomic mass is 32.2. The Balaban J connectivity index is 1.31. The number of carbonyl (C=O) groups is 5. The van der Waals surface area contributed by atoms with Crippen LogP contribution in [0.2, 0.25) is 0 Å². The van der Waals surface area contributed by atoms with Gasteiger partial charge in [0.15, 0.2) is 0 Å². The molecule has 38 heavy (non-hydrogen) atoms. The van der Waals surface area contributed by atoms with E-state index in [0.717, 1.165) is 16.5 Å². The number of fused-ring (bicyclic) bond motifs is 1. The molecule has 5 rings (SSSR count). The third-order valence-electron chi connectivity index (χ3n) is 6.26. The van der Waals surface area contributed by atoms with Crippen molar-refractivity contribution < 1.29 is 38.6 Å². The zero-order chi connectivity index (χ0) is 27.0. The van der Waals surface area contributed by atoms with Crippen LogP contribution in [0.15, 0.2) is 63.9 Å². The van der Waals surface area contributed by atoms with Crippen LogP contribution in [-0.2, 0) is 22.6 Å². The Morgan fingerprint density at radius 2 is 1.63 bits per heavy atom. The number of hydrogen-bond donors (Lipinski definition) is 2. The number of imide groups is 1. The van der Waals surface area contributed by atoms with E-state index in [1.54, 1.807) is 4.90 Å². The standard InChI is InChI=1S/C27H20N2O8S/c30-23(28-8-7-15-3-1-2-4-16(15)13-28)14-29-24(31)22(38-27(29)36)12-20-5-6-21(37-20)17-9-18(25(32)33)11-19(10-17)26(34)35/h1-6,9-12H,7-8,13-14H2,(H,32,33)(H,34,35)/b22-12+. The van der Waals surface area contributed by atoms with Crippen molar-refractivity contribution in [3.8, 4) is 11.3 Å². The maximum atomic E-state index is 12.9. The summed E-state index contributed by atoms with van der Waals surface area (Å²) >= 11 is 0.684. The molecule has 1 saturated heterocycles. The molecular formula is C27H20N2O8S. The van der Waals surface area contributed by atoms with Crippen LogP contribution in [0.5, 0.6) is 0 Å². The van der Waals surface area contributed by atoms with Gasteiger partial charge in [0.1, 0.15) is 18.1 Å². The minimum Gasteiger partial charge on any atom is -0.478 e. The number of amides is 3. The zero-order valence-corrected chi connectivity index (χ0v) is 20.6. The van der Waals surface area contributed by atoms with E-state index in [9.17, 15) is 34.2 Å². The van der Waals surface area contributed by atoms with Crippen molar-refractivity contribution in [2.45, 2.75) is 13.0 Å². The van der Waals surface area contributed by atoms with Crippen molar-refractivity contribution in [1.82, 2.24) is 9.80 Å². The zero-order valence-electron chi connectivity index (χ0n) is 19.7. The van der Waals surface area contributed by atoms with E-state index < -0.39 is 23.1 Å². The molecule has 0 atom stereocenters. The number of carbonyl (C=O) groups excluding carboxylic acids is 3. The normalized spacial score (nSPS) is 16.2. The molecule has 0 bridgehead atoms. The molecule has 0 aliphatic carbocycles. The van der Waals surface area contributed by atoms with Crippen LogP contribution in [0, 0.1) is 0 Å². The minimum atomic E-state index is -1.29. The number of hydrogen-bond acceptors (Lipinski definition) is 7. The van der Waals surface area contributed by atoms with E-state index >= 15 is 0 Å². The SMILES string of the molecule is O=C(O)c1cc(C(=O)O)cc(-c2ccc(/C=C3/SC(=O)N(CC(=O)N4CCc5ccccc5C4)C3=O)o2)c1. The quantitative estimate of drug-likeness (QED) is 0.450. The molecule has 11 heteroatoms. The summed E-state index contributed by atoms with van der Waals surface area (Å²) in [6, 6.07) is 14.4. The molecule has 192 valence electrons. The molecule has 10 nitrogen and oxygen atoms in total. The second-order valence-electron chi connectivity index (χ2n) is 8.71. The molecule has 0 spiro atoms. The second-order valence-corrected chi connectivity index (χ2v) is 9.71. The van der Waals surface area contributed by atoms with Crippen LogP contribution >= 0.6 is 11.8 Å². The molecule has 2 aromatic carbocycles. The second kappa shape index (κ2) is 10.0. The van der Waals surface area contributed by atoms with Gasteiger partial charge in [-0.25, -0.2) is 9.59 Å². The maximum Gasteiger partial charge on any atom is 0.335 e. The summed E-state index contributed by atoms with van der Waals surface area (Å²) < 4.78 is 5.70. The van der Waals surface area contributed by atoms with E-state index in [-0.39, 0.29) is 45.6 Å². The Morgan fingerprint density at radius 1 is 0.947 bits per heavy atom. The number of rotatable bonds is 6. The Labute approximate surface area is 220 Å². The van der Waals surface area contributed by atoms with Crippen LogP contribution in [-0.4, -0.2) is 62.1 Å². The van der Waals surface area contributed by atoms with Crippen LogP contribution in [0.25, 0.3) is 17.4 Å². The number of nitrogens with zero attached hydrogens (tertiary/aromatic N) is 2. The van der Waals surface area contributed by atoms with Gasteiger partial charge >= 0.3 is 11.9 Å². The lowest BCUT2D eigenvalue weighted by Gasteiger charge is -2.29. The fraction of sp³-hybridized carbons (Fsp3) is 0.148. The number of thioether (sulfide) groups is 1. The Morgan fingerprint density at radius 3 is 2.32 bits per heavy atom. The van der Waals surface area contributed by atoms with Gasteiger partial charge in [0.05, 0.1) is 16.0 Å². The van der Waals surface area contributed by atoms with E-state index in [0.29, 0.717) is 31.3 Å². The van der Waals surface area contributed by atoms with E-state index in [4.69, 9.17) is 4.42 Å². The molecule has 0 radical (unpaired) electrons. The van der Waals surface area contributed by atoms with Gasteiger partial charge < -0.3 is 19.5 Å². The van der Waals surface area contributed by atoms with E-state index in [1.807, 2.05) is 24.3 Å². The van der Waals surface area contributed by atoms with Crippen LogP contribution in [0.3, 0.4) is 0 Å². The first-order valence-corrected chi connectivity index (χ1v) is 12.3. The molecular weight excluding hydrogens is 512 g/mol. The summed E-state index contributed by atoms with van der Waals surface area (Å²) in [6.45, 7) is 0.556.